The Hall–Kier alpha value is -5.93. The maximum Gasteiger partial charge on any atom is 0.143 e. The molecule has 0 bridgehead atoms. The second-order valence-corrected chi connectivity index (χ2v) is 11.6. The van der Waals surface area contributed by atoms with Crippen LogP contribution in [0.25, 0.3) is 43.8 Å². The van der Waals surface area contributed by atoms with Crippen LogP contribution in [0.5, 0.6) is 0 Å². The molecule has 0 spiro atoms. The van der Waals surface area contributed by atoms with E-state index < -0.39 is 0 Å². The molecule has 1 aliphatic rings. The molecule has 3 nitrogen and oxygen atoms in total. The highest BCUT2D eigenvalue weighted by atomic mass is 16.3. The number of furan rings is 1. The number of fused-ring (bicyclic) bond motifs is 6. The van der Waals surface area contributed by atoms with Crippen molar-refractivity contribution in [2.75, 3.05) is 4.90 Å². The molecule has 45 heavy (non-hydrogen) atoms. The molecule has 2 heterocycles. The second kappa shape index (κ2) is 10.4. The Labute approximate surface area is 261 Å². The average molecular weight is 577 g/mol. The zero-order valence-corrected chi connectivity index (χ0v) is 24.5. The molecule has 0 saturated heterocycles. The Balaban J connectivity index is 1.22. The van der Waals surface area contributed by atoms with Gasteiger partial charge in [-0.25, -0.2) is 0 Å². The van der Waals surface area contributed by atoms with Crippen molar-refractivity contribution in [2.45, 2.75) is 6.42 Å². The predicted molar refractivity (Wildman–Crippen MR) is 188 cm³/mol. The van der Waals surface area contributed by atoms with Crippen molar-refractivity contribution in [3.8, 4) is 11.1 Å². The molecule has 0 aliphatic carbocycles. The fourth-order valence-corrected chi connectivity index (χ4v) is 6.71. The van der Waals surface area contributed by atoms with Gasteiger partial charge in [0.05, 0.1) is 11.4 Å². The Morgan fingerprint density at radius 3 is 2.02 bits per heavy atom. The minimum atomic E-state index is 0.815. The summed E-state index contributed by atoms with van der Waals surface area (Å²) in [6, 6.07) is 55.6. The lowest BCUT2D eigenvalue weighted by molar-refractivity contribution is 0.672. The van der Waals surface area contributed by atoms with E-state index in [1.54, 1.807) is 0 Å². The SMILES string of the molecule is c1ccc(-c2ccc(N(c3ccccc3)c3ccc4c(c3)oc3c5ccccc5cc(C5=Nc6ccccc6C5)c43)cc2)cc1. The first-order valence-electron chi connectivity index (χ1n) is 15.3. The van der Waals surface area contributed by atoms with Crippen LogP contribution < -0.4 is 4.90 Å². The van der Waals surface area contributed by atoms with Crippen LogP contribution in [0.2, 0.25) is 0 Å². The number of anilines is 3. The smallest absolute Gasteiger partial charge is 0.143 e. The van der Waals surface area contributed by atoms with E-state index in [9.17, 15) is 0 Å². The molecule has 1 aromatic heterocycles. The van der Waals surface area contributed by atoms with Crippen LogP contribution in [0.1, 0.15) is 11.1 Å². The summed E-state index contributed by atoms with van der Waals surface area (Å²) in [4.78, 5) is 7.38. The molecule has 0 amide bonds. The van der Waals surface area contributed by atoms with E-state index in [0.717, 1.165) is 73.2 Å². The van der Waals surface area contributed by atoms with Crippen LogP contribution in [-0.2, 0) is 6.42 Å². The molecule has 7 aromatic carbocycles. The van der Waals surface area contributed by atoms with Gasteiger partial charge < -0.3 is 9.32 Å². The van der Waals surface area contributed by atoms with Crippen LogP contribution in [0.15, 0.2) is 167 Å². The van der Waals surface area contributed by atoms with Gasteiger partial charge in [-0.3, -0.25) is 4.99 Å². The summed E-state index contributed by atoms with van der Waals surface area (Å²) in [5, 5.41) is 4.49. The van der Waals surface area contributed by atoms with Crippen molar-refractivity contribution in [3.05, 3.63) is 169 Å². The molecule has 0 fully saturated rings. The molecule has 1 aliphatic heterocycles. The van der Waals surface area contributed by atoms with E-state index in [2.05, 4.69) is 163 Å². The van der Waals surface area contributed by atoms with E-state index in [1.807, 2.05) is 0 Å². The Morgan fingerprint density at radius 1 is 0.533 bits per heavy atom. The first-order chi connectivity index (χ1) is 22.3. The lowest BCUT2D eigenvalue weighted by Gasteiger charge is -2.25. The fourth-order valence-electron chi connectivity index (χ4n) is 6.71. The standard InChI is InChI=1S/C42H28N2O/c1-3-11-28(12-4-1)29-19-21-33(22-20-29)44(32-15-5-2-6-16-32)34-23-24-36-40(27-34)45-42-35-17-9-7-13-30(35)25-37(41(36)42)39-26-31-14-8-10-18-38(31)43-39/h1-25,27H,26H2. The lowest BCUT2D eigenvalue weighted by Crippen LogP contribution is -2.09. The maximum atomic E-state index is 6.80. The van der Waals surface area contributed by atoms with Gasteiger partial charge in [-0.15, -0.1) is 0 Å². The van der Waals surface area contributed by atoms with Crippen LogP contribution >= 0.6 is 0 Å². The molecule has 212 valence electrons. The third kappa shape index (κ3) is 4.32. The number of hydrogen-bond acceptors (Lipinski definition) is 3. The summed E-state index contributed by atoms with van der Waals surface area (Å²) >= 11 is 0. The molecular weight excluding hydrogens is 548 g/mol. The van der Waals surface area contributed by atoms with Crippen molar-refractivity contribution in [2.24, 2.45) is 4.99 Å². The average Bonchev–Trinajstić information content (AvgIpc) is 3.71. The number of benzene rings is 7. The van der Waals surface area contributed by atoms with Crippen molar-refractivity contribution in [3.63, 3.8) is 0 Å². The highest BCUT2D eigenvalue weighted by Gasteiger charge is 2.23. The molecular formula is C42H28N2O. The van der Waals surface area contributed by atoms with Gasteiger partial charge in [0.25, 0.3) is 0 Å². The normalized spacial score (nSPS) is 12.5. The summed E-state index contributed by atoms with van der Waals surface area (Å²) < 4.78 is 6.80. The van der Waals surface area contributed by atoms with E-state index in [-0.39, 0.29) is 0 Å². The molecule has 8 aromatic rings. The van der Waals surface area contributed by atoms with Crippen molar-refractivity contribution < 1.29 is 4.42 Å². The minimum absolute atomic E-state index is 0.815. The van der Waals surface area contributed by atoms with Crippen molar-refractivity contribution in [1.29, 1.82) is 0 Å². The molecule has 3 heteroatoms. The van der Waals surface area contributed by atoms with Gasteiger partial charge in [0, 0.05) is 51.3 Å². The summed E-state index contributed by atoms with van der Waals surface area (Å²) in [5.41, 5.74) is 11.9. The van der Waals surface area contributed by atoms with Crippen LogP contribution in [-0.4, -0.2) is 5.71 Å². The van der Waals surface area contributed by atoms with Crippen molar-refractivity contribution >= 4 is 61.2 Å². The summed E-state index contributed by atoms with van der Waals surface area (Å²) in [6.45, 7) is 0. The highest BCUT2D eigenvalue weighted by Crippen LogP contribution is 2.43. The number of para-hydroxylation sites is 2. The second-order valence-electron chi connectivity index (χ2n) is 11.6. The highest BCUT2D eigenvalue weighted by molar-refractivity contribution is 6.26. The summed E-state index contributed by atoms with van der Waals surface area (Å²) in [7, 11) is 0. The third-order valence-corrected chi connectivity index (χ3v) is 8.87. The van der Waals surface area contributed by atoms with Crippen molar-refractivity contribution in [1.82, 2.24) is 0 Å². The summed E-state index contributed by atoms with van der Waals surface area (Å²) in [6.07, 6.45) is 0.815. The van der Waals surface area contributed by atoms with Crippen LogP contribution in [0.3, 0.4) is 0 Å². The van der Waals surface area contributed by atoms with Crippen LogP contribution in [0, 0.1) is 0 Å². The first-order valence-corrected chi connectivity index (χ1v) is 15.3. The fraction of sp³-hybridized carbons (Fsp3) is 0.0238. The topological polar surface area (TPSA) is 28.7 Å². The van der Waals surface area contributed by atoms with E-state index >= 15 is 0 Å². The van der Waals surface area contributed by atoms with Gasteiger partial charge in [-0.2, -0.15) is 0 Å². The van der Waals surface area contributed by atoms with E-state index in [4.69, 9.17) is 9.41 Å². The lowest BCUT2D eigenvalue weighted by atomic mass is 9.95. The molecule has 0 N–H and O–H groups in total. The first kappa shape index (κ1) is 25.6. The number of aliphatic imine (C=N–C) groups is 1. The molecule has 9 rings (SSSR count). The van der Waals surface area contributed by atoms with Gasteiger partial charge in [-0.1, -0.05) is 103 Å². The van der Waals surface area contributed by atoms with E-state index in [1.165, 1.54) is 16.7 Å². The predicted octanol–water partition coefficient (Wildman–Crippen LogP) is 11.6. The Morgan fingerprint density at radius 2 is 1.20 bits per heavy atom. The Bertz CT molecular complexity index is 2390. The maximum absolute atomic E-state index is 6.80. The summed E-state index contributed by atoms with van der Waals surface area (Å²) in [5.74, 6) is 0. The largest absolute Gasteiger partial charge is 0.455 e. The van der Waals surface area contributed by atoms with Crippen LogP contribution in [0.4, 0.5) is 22.7 Å². The van der Waals surface area contributed by atoms with Gasteiger partial charge in [-0.05, 0) is 70.6 Å². The minimum Gasteiger partial charge on any atom is -0.455 e. The molecule has 0 radical (unpaired) electrons. The number of rotatable bonds is 5. The number of nitrogens with zero attached hydrogens (tertiary/aromatic N) is 2. The number of hydrogen-bond donors (Lipinski definition) is 0. The molecule has 0 atom stereocenters. The zero-order valence-electron chi connectivity index (χ0n) is 24.5. The van der Waals surface area contributed by atoms with Gasteiger partial charge >= 0.3 is 0 Å². The molecule has 0 unspecified atom stereocenters. The van der Waals surface area contributed by atoms with Gasteiger partial charge in [0.15, 0.2) is 0 Å². The molecule has 0 saturated carbocycles. The zero-order chi connectivity index (χ0) is 29.7. The monoisotopic (exact) mass is 576 g/mol. The van der Waals surface area contributed by atoms with Gasteiger partial charge in [0.1, 0.15) is 11.2 Å². The third-order valence-electron chi connectivity index (χ3n) is 8.87. The van der Waals surface area contributed by atoms with E-state index in [0.29, 0.717) is 0 Å². The van der Waals surface area contributed by atoms with Gasteiger partial charge in [0.2, 0.25) is 0 Å². The quantitative estimate of drug-likeness (QED) is 0.204. The Kier molecular flexibility index (Phi) is 5.88.